The van der Waals surface area contributed by atoms with Crippen molar-refractivity contribution >= 4 is 0 Å². The van der Waals surface area contributed by atoms with Crippen LogP contribution in [0.3, 0.4) is 0 Å². The number of ether oxygens (including phenoxy) is 1. The SMILES string of the molecule is CN1CCC(N[C@H]2CCC[C@@H](Oc3ccc(F)cc3)[C@@H]2O)CC1. The summed E-state index contributed by atoms with van der Waals surface area (Å²) in [7, 11) is 2.15. The maximum atomic E-state index is 13.0. The maximum Gasteiger partial charge on any atom is 0.126 e. The van der Waals surface area contributed by atoms with Gasteiger partial charge in [0.1, 0.15) is 23.8 Å². The normalized spacial score (nSPS) is 30.3. The summed E-state index contributed by atoms with van der Waals surface area (Å²) in [6.45, 7) is 2.21. The molecule has 3 atom stereocenters. The van der Waals surface area contributed by atoms with Crippen LogP contribution in [-0.4, -0.2) is 54.4 Å². The molecule has 3 rings (SSSR count). The minimum absolute atomic E-state index is 0.0857. The monoisotopic (exact) mass is 322 g/mol. The second kappa shape index (κ2) is 7.60. The lowest BCUT2D eigenvalue weighted by atomic mass is 9.88. The van der Waals surface area contributed by atoms with Crippen molar-refractivity contribution in [1.29, 1.82) is 0 Å². The molecule has 0 bridgehead atoms. The Hall–Kier alpha value is -1.17. The van der Waals surface area contributed by atoms with Crippen LogP contribution in [0.4, 0.5) is 4.39 Å². The van der Waals surface area contributed by atoms with E-state index in [2.05, 4.69) is 17.3 Å². The van der Waals surface area contributed by atoms with Gasteiger partial charge >= 0.3 is 0 Å². The number of aliphatic hydroxyl groups excluding tert-OH is 1. The molecule has 0 spiro atoms. The summed E-state index contributed by atoms with van der Waals surface area (Å²) in [4.78, 5) is 2.34. The molecule has 1 aromatic rings. The van der Waals surface area contributed by atoms with Crippen molar-refractivity contribution in [3.63, 3.8) is 0 Å². The van der Waals surface area contributed by atoms with Crippen LogP contribution in [0.1, 0.15) is 32.1 Å². The van der Waals surface area contributed by atoms with Gasteiger partial charge in [0.05, 0.1) is 0 Å². The predicted octanol–water partition coefficient (Wildman–Crippen LogP) is 2.17. The molecular weight excluding hydrogens is 295 g/mol. The number of rotatable bonds is 4. The number of hydrogen-bond donors (Lipinski definition) is 2. The van der Waals surface area contributed by atoms with E-state index < -0.39 is 6.10 Å². The van der Waals surface area contributed by atoms with Crippen molar-refractivity contribution in [3.05, 3.63) is 30.1 Å². The van der Waals surface area contributed by atoms with Gasteiger partial charge in [-0.25, -0.2) is 4.39 Å². The van der Waals surface area contributed by atoms with Gasteiger partial charge in [0, 0.05) is 12.1 Å². The molecule has 1 saturated heterocycles. The zero-order valence-electron chi connectivity index (χ0n) is 13.7. The van der Waals surface area contributed by atoms with Crippen molar-refractivity contribution < 1.29 is 14.2 Å². The molecule has 2 fully saturated rings. The smallest absolute Gasteiger partial charge is 0.126 e. The molecule has 1 heterocycles. The molecule has 1 aliphatic carbocycles. The third-order valence-electron chi connectivity index (χ3n) is 5.07. The van der Waals surface area contributed by atoms with E-state index in [4.69, 9.17) is 4.74 Å². The van der Waals surface area contributed by atoms with Gasteiger partial charge in [-0.15, -0.1) is 0 Å². The van der Waals surface area contributed by atoms with Gasteiger partial charge in [-0.05, 0) is 76.5 Å². The Morgan fingerprint density at radius 1 is 1.13 bits per heavy atom. The van der Waals surface area contributed by atoms with Crippen molar-refractivity contribution in [2.24, 2.45) is 0 Å². The number of hydrogen-bond acceptors (Lipinski definition) is 4. The average molecular weight is 322 g/mol. The maximum absolute atomic E-state index is 13.0. The van der Waals surface area contributed by atoms with Gasteiger partial charge in [-0.3, -0.25) is 0 Å². The molecule has 0 radical (unpaired) electrons. The van der Waals surface area contributed by atoms with Crippen LogP contribution < -0.4 is 10.1 Å². The molecule has 1 aliphatic heterocycles. The average Bonchev–Trinajstić information content (AvgIpc) is 2.55. The van der Waals surface area contributed by atoms with Crippen LogP contribution in [0.15, 0.2) is 24.3 Å². The Labute approximate surface area is 137 Å². The van der Waals surface area contributed by atoms with Crippen molar-refractivity contribution in [2.75, 3.05) is 20.1 Å². The summed E-state index contributed by atoms with van der Waals surface area (Å²) in [5.74, 6) is 0.346. The molecule has 128 valence electrons. The lowest BCUT2D eigenvalue weighted by Gasteiger charge is -2.39. The lowest BCUT2D eigenvalue weighted by molar-refractivity contribution is -0.0198. The Bertz CT molecular complexity index is 488. The van der Waals surface area contributed by atoms with Gasteiger partial charge in [0.25, 0.3) is 0 Å². The Morgan fingerprint density at radius 3 is 2.52 bits per heavy atom. The standard InChI is InChI=1S/C18H27FN2O2/c1-21-11-9-14(10-12-21)20-16-3-2-4-17(18(16)22)23-15-7-5-13(19)6-8-15/h5-8,14,16-18,20,22H,2-4,9-12H2,1H3/t16-,17+,18+/m0/s1. The topological polar surface area (TPSA) is 44.7 Å². The summed E-state index contributed by atoms with van der Waals surface area (Å²) in [6, 6.07) is 6.59. The van der Waals surface area contributed by atoms with Crippen LogP contribution in [-0.2, 0) is 0 Å². The number of halogens is 1. The third-order valence-corrected chi connectivity index (χ3v) is 5.07. The first-order valence-corrected chi connectivity index (χ1v) is 8.67. The molecule has 5 heteroatoms. The minimum Gasteiger partial charge on any atom is -0.488 e. The lowest BCUT2D eigenvalue weighted by Crippen LogP contribution is -2.55. The first kappa shape index (κ1) is 16.7. The second-order valence-electron chi connectivity index (χ2n) is 6.88. The van der Waals surface area contributed by atoms with E-state index in [1.807, 2.05) is 0 Å². The van der Waals surface area contributed by atoms with Crippen molar-refractivity contribution in [3.8, 4) is 5.75 Å². The summed E-state index contributed by atoms with van der Waals surface area (Å²) >= 11 is 0. The number of aliphatic hydroxyl groups is 1. The van der Waals surface area contributed by atoms with Crippen LogP contribution in [0, 0.1) is 5.82 Å². The predicted molar refractivity (Wildman–Crippen MR) is 88.1 cm³/mol. The first-order chi connectivity index (χ1) is 11.1. The van der Waals surface area contributed by atoms with E-state index >= 15 is 0 Å². The van der Waals surface area contributed by atoms with Crippen LogP contribution in [0.5, 0.6) is 5.75 Å². The van der Waals surface area contributed by atoms with Gasteiger partial charge in [-0.1, -0.05) is 0 Å². The van der Waals surface area contributed by atoms with E-state index in [-0.39, 0.29) is 18.0 Å². The molecule has 0 aromatic heterocycles. The fraction of sp³-hybridized carbons (Fsp3) is 0.667. The zero-order chi connectivity index (χ0) is 16.2. The Kier molecular flexibility index (Phi) is 5.51. The Balaban J connectivity index is 1.55. The molecule has 4 nitrogen and oxygen atoms in total. The van der Waals surface area contributed by atoms with E-state index in [1.165, 1.54) is 12.1 Å². The van der Waals surface area contributed by atoms with Crippen LogP contribution in [0.2, 0.25) is 0 Å². The molecule has 2 N–H and O–H groups in total. The zero-order valence-corrected chi connectivity index (χ0v) is 13.7. The van der Waals surface area contributed by atoms with E-state index in [9.17, 15) is 9.50 Å². The third kappa shape index (κ3) is 4.43. The number of nitrogens with zero attached hydrogens (tertiary/aromatic N) is 1. The van der Waals surface area contributed by atoms with Crippen LogP contribution >= 0.6 is 0 Å². The summed E-state index contributed by atoms with van der Waals surface area (Å²) in [5, 5.41) is 14.3. The molecule has 0 unspecified atom stereocenters. The van der Waals surface area contributed by atoms with E-state index in [0.717, 1.165) is 45.2 Å². The molecule has 0 amide bonds. The summed E-state index contributed by atoms with van der Waals surface area (Å²) in [6.07, 6.45) is 4.37. The number of piperidine rings is 1. The highest BCUT2D eigenvalue weighted by Gasteiger charge is 2.34. The molecule has 23 heavy (non-hydrogen) atoms. The highest BCUT2D eigenvalue weighted by Crippen LogP contribution is 2.25. The minimum atomic E-state index is -0.520. The quantitative estimate of drug-likeness (QED) is 0.892. The van der Waals surface area contributed by atoms with Gasteiger partial charge in [0.2, 0.25) is 0 Å². The Morgan fingerprint density at radius 2 is 1.83 bits per heavy atom. The number of likely N-dealkylation sites (tertiary alicyclic amines) is 1. The molecule has 1 saturated carbocycles. The van der Waals surface area contributed by atoms with Gasteiger partial charge in [0.15, 0.2) is 0 Å². The van der Waals surface area contributed by atoms with Crippen molar-refractivity contribution in [2.45, 2.75) is 56.4 Å². The summed E-state index contributed by atoms with van der Waals surface area (Å²) < 4.78 is 18.9. The molecule has 2 aliphatic rings. The fourth-order valence-electron chi connectivity index (χ4n) is 3.62. The largest absolute Gasteiger partial charge is 0.488 e. The van der Waals surface area contributed by atoms with Gasteiger partial charge < -0.3 is 20.1 Å². The van der Waals surface area contributed by atoms with E-state index in [1.54, 1.807) is 12.1 Å². The highest BCUT2D eigenvalue weighted by molar-refractivity contribution is 5.22. The number of nitrogens with one attached hydrogen (secondary N) is 1. The molecular formula is C18H27FN2O2. The number of benzene rings is 1. The highest BCUT2D eigenvalue weighted by atomic mass is 19.1. The fourth-order valence-corrected chi connectivity index (χ4v) is 3.62. The van der Waals surface area contributed by atoms with Crippen molar-refractivity contribution in [1.82, 2.24) is 10.2 Å². The first-order valence-electron chi connectivity index (χ1n) is 8.67. The van der Waals surface area contributed by atoms with E-state index in [0.29, 0.717) is 11.8 Å². The molecule has 1 aromatic carbocycles. The van der Waals surface area contributed by atoms with Gasteiger partial charge in [-0.2, -0.15) is 0 Å². The second-order valence-corrected chi connectivity index (χ2v) is 6.88. The summed E-state index contributed by atoms with van der Waals surface area (Å²) in [5.41, 5.74) is 0. The van der Waals surface area contributed by atoms with Crippen LogP contribution in [0.25, 0.3) is 0 Å².